The van der Waals surface area contributed by atoms with E-state index in [4.69, 9.17) is 4.74 Å². The van der Waals surface area contributed by atoms with Gasteiger partial charge in [-0.3, -0.25) is 0 Å². The van der Waals surface area contributed by atoms with Crippen LogP contribution in [0, 0.1) is 12.8 Å². The summed E-state index contributed by atoms with van der Waals surface area (Å²) in [5, 5.41) is 3.48. The Bertz CT molecular complexity index is 356. The minimum absolute atomic E-state index is 0.635. The fourth-order valence-electron chi connectivity index (χ4n) is 2.39. The molecule has 1 N–H and O–H groups in total. The van der Waals surface area contributed by atoms with Gasteiger partial charge in [0, 0.05) is 25.9 Å². The van der Waals surface area contributed by atoms with Gasteiger partial charge in [-0.2, -0.15) is 0 Å². The molecule has 0 aromatic carbocycles. The van der Waals surface area contributed by atoms with Crippen molar-refractivity contribution in [3.05, 3.63) is 11.9 Å². The number of aryl methyl sites for hydroxylation is 2. The Labute approximate surface area is 110 Å². The molecule has 1 aromatic heterocycles. The first-order valence-corrected chi connectivity index (χ1v) is 7.15. The summed E-state index contributed by atoms with van der Waals surface area (Å²) < 4.78 is 7.74. The number of aromatic nitrogens is 2. The van der Waals surface area contributed by atoms with E-state index in [-0.39, 0.29) is 0 Å². The second-order valence-electron chi connectivity index (χ2n) is 5.22. The molecule has 2 rings (SSSR count). The lowest BCUT2D eigenvalue weighted by molar-refractivity contribution is 0.0594. The quantitative estimate of drug-likeness (QED) is 0.845. The first-order chi connectivity index (χ1) is 8.79. The topological polar surface area (TPSA) is 39.1 Å². The molecule has 102 valence electrons. The van der Waals surface area contributed by atoms with Crippen molar-refractivity contribution in [3.8, 4) is 0 Å². The molecule has 1 aromatic rings. The van der Waals surface area contributed by atoms with Crippen LogP contribution in [0.5, 0.6) is 0 Å². The van der Waals surface area contributed by atoms with E-state index in [1.54, 1.807) is 0 Å². The van der Waals surface area contributed by atoms with Crippen LogP contribution in [-0.2, 0) is 11.3 Å². The van der Waals surface area contributed by atoms with E-state index in [0.29, 0.717) is 5.92 Å². The Morgan fingerprint density at radius 2 is 2.44 bits per heavy atom. The van der Waals surface area contributed by atoms with E-state index < -0.39 is 0 Å². The highest BCUT2D eigenvalue weighted by atomic mass is 16.5. The van der Waals surface area contributed by atoms with Crippen molar-refractivity contribution in [2.45, 2.75) is 46.1 Å². The molecule has 0 bridgehead atoms. The highest BCUT2D eigenvalue weighted by molar-refractivity contribution is 5.28. The van der Waals surface area contributed by atoms with Crippen LogP contribution in [0.4, 0.5) is 5.95 Å². The lowest BCUT2D eigenvalue weighted by Crippen LogP contribution is -2.25. The van der Waals surface area contributed by atoms with Crippen LogP contribution >= 0.6 is 0 Å². The van der Waals surface area contributed by atoms with Crippen LogP contribution in [0.2, 0.25) is 0 Å². The van der Waals surface area contributed by atoms with Crippen LogP contribution in [0.15, 0.2) is 6.20 Å². The van der Waals surface area contributed by atoms with Gasteiger partial charge in [-0.1, -0.05) is 13.3 Å². The summed E-state index contributed by atoms with van der Waals surface area (Å²) in [6, 6.07) is 0. The number of anilines is 1. The van der Waals surface area contributed by atoms with Gasteiger partial charge in [0.2, 0.25) is 5.95 Å². The highest BCUT2D eigenvalue weighted by Crippen LogP contribution is 2.15. The number of hydrogen-bond acceptors (Lipinski definition) is 3. The van der Waals surface area contributed by atoms with E-state index in [1.165, 1.54) is 25.7 Å². The van der Waals surface area contributed by atoms with Crippen LogP contribution in [0.1, 0.15) is 38.3 Å². The third-order valence-electron chi connectivity index (χ3n) is 3.45. The van der Waals surface area contributed by atoms with E-state index in [2.05, 4.69) is 34.9 Å². The molecule has 4 heteroatoms. The van der Waals surface area contributed by atoms with Crippen LogP contribution in [0.3, 0.4) is 0 Å². The standard InChI is InChI=1S/C14H25N3O/c1-3-4-7-17-10-12(2)16-14(17)15-9-13-6-5-8-18-11-13/h10,13H,3-9,11H2,1-2H3,(H,15,16). The zero-order valence-electron chi connectivity index (χ0n) is 11.6. The Morgan fingerprint density at radius 3 is 3.17 bits per heavy atom. The van der Waals surface area contributed by atoms with Crippen molar-refractivity contribution in [2.24, 2.45) is 5.92 Å². The average Bonchev–Trinajstić information content (AvgIpc) is 2.75. The molecule has 0 radical (unpaired) electrons. The van der Waals surface area contributed by atoms with Gasteiger partial charge < -0.3 is 14.6 Å². The summed E-state index contributed by atoms with van der Waals surface area (Å²) in [4.78, 5) is 4.56. The SMILES string of the molecule is CCCCn1cc(C)nc1NCC1CCCOC1. The van der Waals surface area contributed by atoms with E-state index >= 15 is 0 Å². The van der Waals surface area contributed by atoms with Gasteiger partial charge in [-0.25, -0.2) is 4.98 Å². The van der Waals surface area contributed by atoms with Crippen molar-refractivity contribution in [1.82, 2.24) is 9.55 Å². The predicted molar refractivity (Wildman–Crippen MR) is 73.9 cm³/mol. The molecule has 0 spiro atoms. The summed E-state index contributed by atoms with van der Waals surface area (Å²) in [6.07, 6.45) is 7.01. The third-order valence-corrected chi connectivity index (χ3v) is 3.45. The molecule has 18 heavy (non-hydrogen) atoms. The number of unbranched alkanes of at least 4 members (excludes halogenated alkanes) is 1. The molecular formula is C14H25N3O. The highest BCUT2D eigenvalue weighted by Gasteiger charge is 2.14. The summed E-state index contributed by atoms with van der Waals surface area (Å²) in [6.45, 7) is 8.12. The Hall–Kier alpha value is -1.03. The predicted octanol–water partition coefficient (Wildman–Crippen LogP) is 2.83. The van der Waals surface area contributed by atoms with Crippen molar-refractivity contribution in [1.29, 1.82) is 0 Å². The van der Waals surface area contributed by atoms with Gasteiger partial charge in [0.1, 0.15) is 0 Å². The zero-order chi connectivity index (χ0) is 12.8. The summed E-state index contributed by atoms with van der Waals surface area (Å²) in [5.41, 5.74) is 1.09. The maximum absolute atomic E-state index is 5.50. The molecule has 1 unspecified atom stereocenters. The molecule has 1 aliphatic heterocycles. The monoisotopic (exact) mass is 251 g/mol. The number of nitrogens with one attached hydrogen (secondary N) is 1. The first-order valence-electron chi connectivity index (χ1n) is 7.15. The van der Waals surface area contributed by atoms with Gasteiger partial charge in [0.05, 0.1) is 12.3 Å². The van der Waals surface area contributed by atoms with Gasteiger partial charge in [-0.05, 0) is 32.1 Å². The maximum Gasteiger partial charge on any atom is 0.203 e. The minimum atomic E-state index is 0.635. The lowest BCUT2D eigenvalue weighted by atomic mass is 10.0. The Kier molecular flexibility index (Phi) is 5.05. The number of nitrogens with zero attached hydrogens (tertiary/aromatic N) is 2. The summed E-state index contributed by atoms with van der Waals surface area (Å²) in [7, 11) is 0. The number of imidazole rings is 1. The summed E-state index contributed by atoms with van der Waals surface area (Å²) in [5.74, 6) is 1.65. The molecule has 0 aliphatic carbocycles. The Morgan fingerprint density at radius 1 is 1.56 bits per heavy atom. The fourth-order valence-corrected chi connectivity index (χ4v) is 2.39. The number of ether oxygens (including phenoxy) is 1. The van der Waals surface area contributed by atoms with Gasteiger partial charge in [0.15, 0.2) is 0 Å². The van der Waals surface area contributed by atoms with Gasteiger partial charge >= 0.3 is 0 Å². The number of rotatable bonds is 6. The molecule has 1 atom stereocenters. The third kappa shape index (κ3) is 3.73. The maximum atomic E-state index is 5.50. The average molecular weight is 251 g/mol. The zero-order valence-corrected chi connectivity index (χ0v) is 11.6. The fraction of sp³-hybridized carbons (Fsp3) is 0.786. The smallest absolute Gasteiger partial charge is 0.203 e. The molecule has 1 aliphatic rings. The van der Waals surface area contributed by atoms with Crippen molar-refractivity contribution >= 4 is 5.95 Å². The Balaban J connectivity index is 1.86. The van der Waals surface area contributed by atoms with Crippen molar-refractivity contribution in [3.63, 3.8) is 0 Å². The van der Waals surface area contributed by atoms with E-state index in [9.17, 15) is 0 Å². The van der Waals surface area contributed by atoms with Gasteiger partial charge in [-0.15, -0.1) is 0 Å². The molecule has 0 amide bonds. The second kappa shape index (κ2) is 6.78. The first kappa shape index (κ1) is 13.4. The van der Waals surface area contributed by atoms with E-state index in [1.807, 2.05) is 0 Å². The molecule has 1 fully saturated rings. The largest absolute Gasteiger partial charge is 0.381 e. The lowest BCUT2D eigenvalue weighted by Gasteiger charge is -2.22. The number of hydrogen-bond donors (Lipinski definition) is 1. The van der Waals surface area contributed by atoms with Crippen molar-refractivity contribution < 1.29 is 4.74 Å². The molecular weight excluding hydrogens is 226 g/mol. The van der Waals surface area contributed by atoms with Crippen LogP contribution in [-0.4, -0.2) is 29.3 Å². The van der Waals surface area contributed by atoms with E-state index in [0.717, 1.165) is 37.9 Å². The van der Waals surface area contributed by atoms with Crippen LogP contribution < -0.4 is 5.32 Å². The minimum Gasteiger partial charge on any atom is -0.381 e. The summed E-state index contributed by atoms with van der Waals surface area (Å²) >= 11 is 0. The van der Waals surface area contributed by atoms with Gasteiger partial charge in [0.25, 0.3) is 0 Å². The molecule has 0 saturated carbocycles. The molecule has 4 nitrogen and oxygen atoms in total. The normalized spacial score (nSPS) is 20.0. The van der Waals surface area contributed by atoms with Crippen LogP contribution in [0.25, 0.3) is 0 Å². The van der Waals surface area contributed by atoms with Crippen molar-refractivity contribution in [2.75, 3.05) is 25.1 Å². The molecule has 2 heterocycles. The molecule has 1 saturated heterocycles. The second-order valence-corrected chi connectivity index (χ2v) is 5.22.